The normalized spacial score (nSPS) is 18.0. The van der Waals surface area contributed by atoms with Gasteiger partial charge in [0.25, 0.3) is 0 Å². The van der Waals surface area contributed by atoms with Gasteiger partial charge >= 0.3 is 5.76 Å². The first-order valence-electron chi connectivity index (χ1n) is 7.49. The molecule has 1 aliphatic heterocycles. The lowest BCUT2D eigenvalue weighted by molar-refractivity contribution is -0.133. The fourth-order valence-electron chi connectivity index (χ4n) is 2.64. The molecule has 2 aromatic rings. The highest BCUT2D eigenvalue weighted by atomic mass is 35.5. The number of halogens is 2. The topological polar surface area (TPSA) is 80.4 Å². The van der Waals surface area contributed by atoms with Crippen LogP contribution in [0.1, 0.15) is 6.92 Å². The molecule has 2 heterocycles. The maximum atomic E-state index is 13.3. The fourth-order valence-corrected chi connectivity index (χ4v) is 2.83. The predicted molar refractivity (Wildman–Crippen MR) is 85.2 cm³/mol. The molecule has 128 valence electrons. The number of carbonyl (C=O) groups is 1. The molecule has 9 heteroatoms. The van der Waals surface area contributed by atoms with Gasteiger partial charge in [-0.2, -0.15) is 0 Å². The Hall–Kier alpha value is -2.19. The van der Waals surface area contributed by atoms with E-state index in [1.54, 1.807) is 4.90 Å². The second-order valence-corrected chi connectivity index (χ2v) is 6.09. The van der Waals surface area contributed by atoms with Crippen LogP contribution in [0.5, 0.6) is 0 Å². The summed E-state index contributed by atoms with van der Waals surface area (Å²) in [6, 6.07) is 4.12. The summed E-state index contributed by atoms with van der Waals surface area (Å²) in [5.74, 6) is -1.40. The quantitative estimate of drug-likeness (QED) is 0.893. The van der Waals surface area contributed by atoms with Crippen molar-refractivity contribution in [3.05, 3.63) is 39.6 Å². The molecule has 1 fully saturated rings. The highest BCUT2D eigenvalue weighted by molar-refractivity contribution is 6.31. The number of hydrogen-bond acceptors (Lipinski definition) is 5. The van der Waals surface area contributed by atoms with Crippen molar-refractivity contribution in [2.75, 3.05) is 19.6 Å². The van der Waals surface area contributed by atoms with E-state index in [1.165, 1.54) is 18.2 Å². The first-order chi connectivity index (χ1) is 11.5. The Balaban J connectivity index is 1.86. The van der Waals surface area contributed by atoms with Gasteiger partial charge in [0.1, 0.15) is 12.4 Å². The minimum Gasteiger partial charge on any atom is -0.338 e. The highest BCUT2D eigenvalue weighted by Gasteiger charge is 2.23. The Morgan fingerprint density at radius 3 is 3.04 bits per heavy atom. The molecule has 1 aromatic heterocycles. The molecule has 0 bridgehead atoms. The number of piperazine rings is 1. The number of hydrogen-bond donors (Lipinski definition) is 1. The predicted octanol–water partition coefficient (Wildman–Crippen LogP) is 1.12. The van der Waals surface area contributed by atoms with Gasteiger partial charge in [-0.05, 0) is 25.1 Å². The van der Waals surface area contributed by atoms with Gasteiger partial charge in [0.15, 0.2) is 5.82 Å². The maximum Gasteiger partial charge on any atom is 0.442 e. The first kappa shape index (κ1) is 16.7. The average molecular weight is 355 g/mol. The number of rotatable bonds is 3. The molecule has 1 amide bonds. The molecule has 24 heavy (non-hydrogen) atoms. The summed E-state index contributed by atoms with van der Waals surface area (Å²) in [6.45, 7) is 3.62. The molecular formula is C15H16ClFN4O3. The molecule has 1 saturated heterocycles. The summed E-state index contributed by atoms with van der Waals surface area (Å²) in [7, 11) is 0. The van der Waals surface area contributed by atoms with E-state index in [1.807, 2.05) is 6.92 Å². The van der Waals surface area contributed by atoms with E-state index in [2.05, 4.69) is 15.0 Å². The van der Waals surface area contributed by atoms with E-state index in [0.717, 1.165) is 4.57 Å². The Bertz CT molecular complexity index is 819. The molecule has 1 aromatic carbocycles. The molecule has 0 spiro atoms. The molecule has 1 unspecified atom stereocenters. The second-order valence-electron chi connectivity index (χ2n) is 5.68. The summed E-state index contributed by atoms with van der Waals surface area (Å²) in [6.07, 6.45) is 0. The number of nitrogens with zero attached hydrogens (tertiary/aromatic N) is 3. The Labute approximate surface area is 142 Å². The van der Waals surface area contributed by atoms with Gasteiger partial charge in [-0.25, -0.2) is 13.8 Å². The van der Waals surface area contributed by atoms with Crippen molar-refractivity contribution in [2.45, 2.75) is 19.5 Å². The minimum atomic E-state index is -0.748. The number of aromatic nitrogens is 2. The Morgan fingerprint density at radius 1 is 1.54 bits per heavy atom. The number of amides is 1. The van der Waals surface area contributed by atoms with Crippen LogP contribution in [0.3, 0.4) is 0 Å². The summed E-state index contributed by atoms with van der Waals surface area (Å²) >= 11 is 5.76. The molecule has 1 atom stereocenters. The molecule has 7 nitrogen and oxygen atoms in total. The monoisotopic (exact) mass is 354 g/mol. The molecule has 1 aliphatic rings. The van der Waals surface area contributed by atoms with E-state index in [9.17, 15) is 14.0 Å². The number of benzene rings is 1. The van der Waals surface area contributed by atoms with Gasteiger partial charge in [-0.15, -0.1) is 0 Å². The van der Waals surface area contributed by atoms with Crippen molar-refractivity contribution in [1.29, 1.82) is 0 Å². The minimum absolute atomic E-state index is 0.100. The van der Waals surface area contributed by atoms with Crippen molar-refractivity contribution in [3.63, 3.8) is 0 Å². The average Bonchev–Trinajstić information content (AvgIpc) is 2.91. The zero-order valence-corrected chi connectivity index (χ0v) is 13.7. The van der Waals surface area contributed by atoms with E-state index >= 15 is 0 Å². The van der Waals surface area contributed by atoms with Crippen LogP contribution in [0.15, 0.2) is 27.5 Å². The van der Waals surface area contributed by atoms with Gasteiger partial charge < -0.3 is 10.2 Å². The van der Waals surface area contributed by atoms with Crippen LogP contribution in [0.4, 0.5) is 4.39 Å². The van der Waals surface area contributed by atoms with Crippen LogP contribution in [-0.2, 0) is 11.3 Å². The standard InChI is InChI=1S/C15H16ClFN4O3/c1-9-7-20(5-4-18-9)13(22)8-21-14(19-24-15(21)23)10-2-3-12(17)11(16)6-10/h2-3,6,9,18H,4-5,7-8H2,1H3. The van der Waals surface area contributed by atoms with Crippen LogP contribution in [-0.4, -0.2) is 46.2 Å². The summed E-state index contributed by atoms with van der Waals surface area (Å²) in [5, 5.41) is 6.82. The van der Waals surface area contributed by atoms with Gasteiger partial charge in [-0.3, -0.25) is 9.32 Å². The summed E-state index contributed by atoms with van der Waals surface area (Å²) in [5.41, 5.74) is 0.397. The third-order valence-electron chi connectivity index (χ3n) is 3.88. The Kier molecular flexibility index (Phi) is 4.68. The largest absolute Gasteiger partial charge is 0.442 e. The molecule has 1 N–H and O–H groups in total. The Morgan fingerprint density at radius 2 is 2.33 bits per heavy atom. The zero-order valence-electron chi connectivity index (χ0n) is 13.0. The van der Waals surface area contributed by atoms with Crippen LogP contribution in [0.25, 0.3) is 11.4 Å². The lowest BCUT2D eigenvalue weighted by Crippen LogP contribution is -2.52. The summed E-state index contributed by atoms with van der Waals surface area (Å²) < 4.78 is 19.1. The van der Waals surface area contributed by atoms with Crippen molar-refractivity contribution >= 4 is 17.5 Å². The van der Waals surface area contributed by atoms with Crippen LogP contribution >= 0.6 is 11.6 Å². The third-order valence-corrected chi connectivity index (χ3v) is 4.17. The third kappa shape index (κ3) is 3.34. The lowest BCUT2D eigenvalue weighted by atomic mass is 10.2. The SMILES string of the molecule is CC1CN(C(=O)Cn2c(-c3ccc(F)c(Cl)c3)noc2=O)CCN1. The van der Waals surface area contributed by atoms with E-state index in [0.29, 0.717) is 25.2 Å². The second kappa shape index (κ2) is 6.74. The number of carbonyl (C=O) groups excluding carboxylic acids is 1. The van der Waals surface area contributed by atoms with Crippen LogP contribution in [0.2, 0.25) is 5.02 Å². The molecule has 0 aliphatic carbocycles. The molecular weight excluding hydrogens is 339 g/mol. The molecule has 3 rings (SSSR count). The van der Waals surface area contributed by atoms with Crippen molar-refractivity contribution in [3.8, 4) is 11.4 Å². The maximum absolute atomic E-state index is 13.3. The van der Waals surface area contributed by atoms with E-state index in [4.69, 9.17) is 11.6 Å². The summed E-state index contributed by atoms with van der Waals surface area (Å²) in [4.78, 5) is 26.0. The van der Waals surface area contributed by atoms with Crippen molar-refractivity contribution in [1.82, 2.24) is 19.9 Å². The fraction of sp³-hybridized carbons (Fsp3) is 0.400. The van der Waals surface area contributed by atoms with E-state index in [-0.39, 0.29) is 29.3 Å². The van der Waals surface area contributed by atoms with Crippen molar-refractivity contribution < 1.29 is 13.7 Å². The van der Waals surface area contributed by atoms with E-state index < -0.39 is 11.6 Å². The van der Waals surface area contributed by atoms with Gasteiger partial charge in [0.2, 0.25) is 5.91 Å². The number of nitrogens with one attached hydrogen (secondary N) is 1. The zero-order chi connectivity index (χ0) is 17.3. The van der Waals surface area contributed by atoms with Crippen molar-refractivity contribution in [2.24, 2.45) is 0 Å². The molecule has 0 radical (unpaired) electrons. The molecule has 0 saturated carbocycles. The first-order valence-corrected chi connectivity index (χ1v) is 7.86. The van der Waals surface area contributed by atoms with Gasteiger partial charge in [0.05, 0.1) is 5.02 Å². The van der Waals surface area contributed by atoms with Crippen LogP contribution in [0, 0.1) is 5.82 Å². The van der Waals surface area contributed by atoms with Gasteiger partial charge in [0, 0.05) is 31.2 Å². The smallest absolute Gasteiger partial charge is 0.338 e. The lowest BCUT2D eigenvalue weighted by Gasteiger charge is -2.31. The van der Waals surface area contributed by atoms with Gasteiger partial charge in [-0.1, -0.05) is 16.8 Å². The highest BCUT2D eigenvalue weighted by Crippen LogP contribution is 2.23. The van der Waals surface area contributed by atoms with Crippen LogP contribution < -0.4 is 11.1 Å².